The Morgan fingerprint density at radius 2 is 1.44 bits per heavy atom. The van der Waals surface area contributed by atoms with Crippen LogP contribution in [0.25, 0.3) is 0 Å². The van der Waals surface area contributed by atoms with Crippen LogP contribution in [0.15, 0.2) is 54.6 Å². The molecule has 0 unspecified atom stereocenters. The third-order valence-corrected chi connectivity index (χ3v) is 5.40. The lowest BCUT2D eigenvalue weighted by molar-refractivity contribution is -0.137. The number of alkyl carbamates (subject to hydrolysis) is 1. The zero-order valence-corrected chi connectivity index (χ0v) is 19.3. The van der Waals surface area contributed by atoms with Crippen LogP contribution >= 0.6 is 11.8 Å². The molecule has 186 valence electrons. The minimum absolute atomic E-state index is 0.0117. The summed E-state index contributed by atoms with van der Waals surface area (Å²) in [5.41, 5.74) is -1.52. The molecule has 0 fully saturated rings. The summed E-state index contributed by atoms with van der Waals surface area (Å²) in [6, 6.07) is 10.2. The normalized spacial score (nSPS) is 14.3. The van der Waals surface area contributed by atoms with E-state index < -0.39 is 52.4 Å². The molecular formula is C23H23F6NO3S. The van der Waals surface area contributed by atoms with Gasteiger partial charge in [0, 0.05) is 0 Å². The predicted molar refractivity (Wildman–Crippen MR) is 116 cm³/mol. The molecule has 0 saturated heterocycles. The number of nitrogens with one attached hydrogen (secondary N) is 1. The largest absolute Gasteiger partial charge is 0.444 e. The number of alkyl halides is 6. The van der Waals surface area contributed by atoms with E-state index in [9.17, 15) is 35.9 Å². The van der Waals surface area contributed by atoms with Crippen molar-refractivity contribution in [2.24, 2.45) is 0 Å². The smallest absolute Gasteiger partial charge is 0.416 e. The van der Waals surface area contributed by atoms with E-state index in [-0.39, 0.29) is 17.3 Å². The zero-order valence-electron chi connectivity index (χ0n) is 18.5. The molecule has 0 aliphatic rings. The van der Waals surface area contributed by atoms with Crippen molar-refractivity contribution in [2.75, 3.05) is 5.75 Å². The summed E-state index contributed by atoms with van der Waals surface area (Å²) >= 11 is -0.0190. The van der Waals surface area contributed by atoms with E-state index >= 15 is 0 Å². The molecular weight excluding hydrogens is 484 g/mol. The summed E-state index contributed by atoms with van der Waals surface area (Å²) in [5.74, 6) is -2.92. The van der Waals surface area contributed by atoms with Crippen molar-refractivity contribution in [2.45, 2.75) is 50.7 Å². The van der Waals surface area contributed by atoms with Gasteiger partial charge in [-0.1, -0.05) is 54.2 Å². The van der Waals surface area contributed by atoms with Crippen molar-refractivity contribution in [3.05, 3.63) is 71.3 Å². The minimum atomic E-state index is -4.65. The Labute approximate surface area is 197 Å². The van der Waals surface area contributed by atoms with Gasteiger partial charge < -0.3 is 10.1 Å². The molecule has 1 N–H and O–H groups in total. The molecule has 0 spiro atoms. The molecule has 0 heterocycles. The summed E-state index contributed by atoms with van der Waals surface area (Å²) in [6.07, 6.45) is -10.2. The average Bonchev–Trinajstić information content (AvgIpc) is 2.70. The molecule has 0 saturated carbocycles. The number of hydrogen-bond donors (Lipinski definition) is 1. The van der Waals surface area contributed by atoms with Crippen molar-refractivity contribution in [1.82, 2.24) is 5.32 Å². The first-order valence-electron chi connectivity index (χ1n) is 10.0. The third kappa shape index (κ3) is 8.58. The highest BCUT2D eigenvalue weighted by molar-refractivity contribution is 8.13. The van der Waals surface area contributed by atoms with E-state index in [4.69, 9.17) is 4.74 Å². The minimum Gasteiger partial charge on any atom is -0.444 e. The number of hydrogen-bond acceptors (Lipinski definition) is 4. The first-order valence-corrected chi connectivity index (χ1v) is 11.0. The summed E-state index contributed by atoms with van der Waals surface area (Å²) in [5, 5.41) is 1.54. The van der Waals surface area contributed by atoms with Crippen LogP contribution in [0.4, 0.5) is 31.1 Å². The SMILES string of the molecule is CC(C)(C)OC(=O)N[C@@H](c1ccccc1)[C@H](C(=O)SCC(F)(F)F)c1ccc(C(F)(F)F)cc1. The quantitative estimate of drug-likeness (QED) is 0.433. The Balaban J connectivity index is 2.53. The van der Waals surface area contributed by atoms with E-state index in [0.717, 1.165) is 24.3 Å². The fourth-order valence-electron chi connectivity index (χ4n) is 3.04. The van der Waals surface area contributed by atoms with Gasteiger partial charge >= 0.3 is 18.4 Å². The third-order valence-electron chi connectivity index (χ3n) is 4.39. The molecule has 1 amide bonds. The number of amides is 1. The van der Waals surface area contributed by atoms with E-state index in [1.807, 2.05) is 0 Å². The highest BCUT2D eigenvalue weighted by Crippen LogP contribution is 2.38. The highest BCUT2D eigenvalue weighted by atomic mass is 32.2. The lowest BCUT2D eigenvalue weighted by atomic mass is 9.87. The number of carbonyl (C=O) groups excluding carboxylic acids is 2. The van der Waals surface area contributed by atoms with E-state index in [1.54, 1.807) is 51.1 Å². The Bertz CT molecular complexity index is 969. The molecule has 2 aromatic rings. The summed E-state index contributed by atoms with van der Waals surface area (Å²) < 4.78 is 82.7. The first-order chi connectivity index (χ1) is 15.6. The molecule has 2 atom stereocenters. The molecule has 2 rings (SSSR count). The Morgan fingerprint density at radius 3 is 1.91 bits per heavy atom. The molecule has 2 aromatic carbocycles. The zero-order chi connectivity index (χ0) is 25.7. The maximum Gasteiger partial charge on any atom is 0.416 e. The van der Waals surface area contributed by atoms with Crippen molar-refractivity contribution < 1.29 is 40.7 Å². The van der Waals surface area contributed by atoms with Gasteiger partial charge in [-0.2, -0.15) is 26.3 Å². The Hall–Kier alpha value is -2.69. The van der Waals surface area contributed by atoms with Crippen LogP contribution in [-0.4, -0.2) is 28.7 Å². The average molecular weight is 507 g/mol. The van der Waals surface area contributed by atoms with Crippen molar-refractivity contribution in [1.29, 1.82) is 0 Å². The maximum absolute atomic E-state index is 13.0. The Morgan fingerprint density at radius 1 is 0.882 bits per heavy atom. The van der Waals surface area contributed by atoms with Crippen LogP contribution in [-0.2, 0) is 15.7 Å². The standard InChI is InChI=1S/C23H23F6NO3S/c1-21(2,3)33-20(32)30-18(15-7-5-4-6-8-15)17(19(31)34-13-22(24,25)26)14-9-11-16(12-10-14)23(27,28)29/h4-12,17-18H,13H2,1-3H3,(H,30,32)/t17-,18+/m1/s1. The van der Waals surface area contributed by atoms with E-state index in [0.29, 0.717) is 5.56 Å². The highest BCUT2D eigenvalue weighted by Gasteiger charge is 2.37. The van der Waals surface area contributed by atoms with Crippen LogP contribution in [0.5, 0.6) is 0 Å². The van der Waals surface area contributed by atoms with Crippen molar-refractivity contribution in [3.63, 3.8) is 0 Å². The molecule has 0 aromatic heterocycles. The molecule has 4 nitrogen and oxygen atoms in total. The van der Waals surface area contributed by atoms with Crippen molar-refractivity contribution >= 4 is 23.0 Å². The predicted octanol–water partition coefficient (Wildman–Crippen LogP) is 6.88. The number of ether oxygens (including phenoxy) is 1. The second-order valence-electron chi connectivity index (χ2n) is 8.35. The van der Waals surface area contributed by atoms with Crippen LogP contribution in [0, 0.1) is 0 Å². The molecule has 0 aliphatic heterocycles. The lowest BCUT2D eigenvalue weighted by Gasteiger charge is -2.29. The molecule has 0 bridgehead atoms. The summed E-state index contributed by atoms with van der Waals surface area (Å²) in [6.45, 7) is 4.80. The number of thioether (sulfide) groups is 1. The molecule has 0 radical (unpaired) electrons. The van der Waals surface area contributed by atoms with Crippen LogP contribution in [0.3, 0.4) is 0 Å². The van der Waals surface area contributed by atoms with Gasteiger partial charge in [0.15, 0.2) is 5.12 Å². The lowest BCUT2D eigenvalue weighted by Crippen LogP contribution is -2.39. The second-order valence-corrected chi connectivity index (χ2v) is 9.33. The van der Waals surface area contributed by atoms with Gasteiger partial charge in [-0.25, -0.2) is 4.79 Å². The van der Waals surface area contributed by atoms with Crippen LogP contribution in [0.2, 0.25) is 0 Å². The number of halogens is 6. The van der Waals surface area contributed by atoms with Gasteiger partial charge in [0.2, 0.25) is 0 Å². The van der Waals surface area contributed by atoms with Gasteiger partial charge in [0.05, 0.1) is 23.3 Å². The van der Waals surface area contributed by atoms with E-state index in [2.05, 4.69) is 5.32 Å². The Kier molecular flexibility index (Phi) is 8.68. The topological polar surface area (TPSA) is 55.4 Å². The second kappa shape index (κ2) is 10.7. The summed E-state index contributed by atoms with van der Waals surface area (Å²) in [4.78, 5) is 25.5. The molecule has 11 heteroatoms. The number of carbonyl (C=O) groups is 2. The number of rotatable bonds is 6. The van der Waals surface area contributed by atoms with Gasteiger partial charge in [0.25, 0.3) is 0 Å². The fraction of sp³-hybridized carbons (Fsp3) is 0.391. The van der Waals surface area contributed by atoms with Gasteiger partial charge in [-0.3, -0.25) is 4.79 Å². The van der Waals surface area contributed by atoms with Gasteiger partial charge in [-0.15, -0.1) is 0 Å². The monoisotopic (exact) mass is 507 g/mol. The first kappa shape index (κ1) is 27.6. The van der Waals surface area contributed by atoms with Crippen LogP contribution < -0.4 is 5.32 Å². The number of benzene rings is 2. The molecule has 0 aliphatic carbocycles. The van der Waals surface area contributed by atoms with Crippen LogP contribution in [0.1, 0.15) is 49.4 Å². The summed E-state index contributed by atoms with van der Waals surface area (Å²) in [7, 11) is 0. The molecule has 34 heavy (non-hydrogen) atoms. The fourth-order valence-corrected chi connectivity index (χ4v) is 3.80. The van der Waals surface area contributed by atoms with Gasteiger partial charge in [0.1, 0.15) is 5.60 Å². The van der Waals surface area contributed by atoms with Crippen molar-refractivity contribution in [3.8, 4) is 0 Å². The van der Waals surface area contributed by atoms with Gasteiger partial charge in [-0.05, 0) is 44.0 Å². The van der Waals surface area contributed by atoms with E-state index in [1.165, 1.54) is 0 Å². The maximum atomic E-state index is 13.0.